The highest BCUT2D eigenvalue weighted by molar-refractivity contribution is 5.90. The van der Waals surface area contributed by atoms with Gasteiger partial charge in [-0.25, -0.2) is 9.59 Å². The fraction of sp³-hybridized carbons (Fsp3) is 0.273. The van der Waals surface area contributed by atoms with E-state index in [-0.39, 0.29) is 13.2 Å². The molecule has 1 aliphatic rings. The van der Waals surface area contributed by atoms with Crippen LogP contribution in [0.2, 0.25) is 0 Å². The van der Waals surface area contributed by atoms with Crippen LogP contribution in [0.1, 0.15) is 20.7 Å². The predicted octanol–water partition coefficient (Wildman–Crippen LogP) is 1.80. The van der Waals surface area contributed by atoms with Gasteiger partial charge in [0.15, 0.2) is 12.4 Å². The number of aliphatic hydroxyl groups is 1. The Kier molecular flexibility index (Phi) is 6.98. The number of rotatable bonds is 7. The van der Waals surface area contributed by atoms with Gasteiger partial charge in [-0.2, -0.15) is 0 Å². The van der Waals surface area contributed by atoms with Crippen molar-refractivity contribution >= 4 is 11.9 Å². The van der Waals surface area contributed by atoms with E-state index in [1.807, 2.05) is 0 Å². The summed E-state index contributed by atoms with van der Waals surface area (Å²) in [7, 11) is 0. The Labute approximate surface area is 168 Å². The number of carbonyl (C=O) groups is 2. The molecule has 150 valence electrons. The molecule has 3 rings (SSSR count). The summed E-state index contributed by atoms with van der Waals surface area (Å²) >= 11 is 0. The van der Waals surface area contributed by atoms with Crippen molar-refractivity contribution in [2.24, 2.45) is 0 Å². The normalized spacial score (nSPS) is 23.2. The van der Waals surface area contributed by atoms with Gasteiger partial charge in [0.1, 0.15) is 25.4 Å². The lowest BCUT2D eigenvalue weighted by atomic mass is 10.1. The molecule has 0 spiro atoms. The maximum absolute atomic E-state index is 12.5. The van der Waals surface area contributed by atoms with Crippen molar-refractivity contribution in [2.45, 2.75) is 24.6 Å². The molecule has 0 bridgehead atoms. The minimum absolute atomic E-state index is 0.110. The first-order valence-electron chi connectivity index (χ1n) is 8.97. The van der Waals surface area contributed by atoms with Crippen molar-refractivity contribution in [1.82, 2.24) is 0 Å². The summed E-state index contributed by atoms with van der Waals surface area (Å²) in [5.74, 6) is 1.10. The average molecular weight is 396 g/mol. The van der Waals surface area contributed by atoms with Crippen LogP contribution in [0.4, 0.5) is 0 Å². The third-order valence-corrected chi connectivity index (χ3v) is 4.29. The highest BCUT2D eigenvalue weighted by Gasteiger charge is 2.48. The molecular formula is C22H20O7. The number of terminal acetylenes is 1. The zero-order chi connectivity index (χ0) is 20.6. The van der Waals surface area contributed by atoms with E-state index >= 15 is 0 Å². The molecule has 0 radical (unpaired) electrons. The van der Waals surface area contributed by atoms with Gasteiger partial charge < -0.3 is 24.1 Å². The zero-order valence-electron chi connectivity index (χ0n) is 15.5. The number of benzene rings is 2. The van der Waals surface area contributed by atoms with Crippen LogP contribution in [0.5, 0.6) is 0 Å². The molecule has 1 saturated heterocycles. The Balaban J connectivity index is 1.70. The first kappa shape index (κ1) is 20.6. The van der Waals surface area contributed by atoms with Crippen molar-refractivity contribution in [2.75, 3.05) is 13.2 Å². The van der Waals surface area contributed by atoms with E-state index in [1.165, 1.54) is 0 Å². The highest BCUT2D eigenvalue weighted by Crippen LogP contribution is 2.27. The van der Waals surface area contributed by atoms with Crippen LogP contribution in [-0.4, -0.2) is 54.9 Å². The SMILES string of the molecule is C#CCO[C@H]1[C@H](O)OC(COC(=O)c2ccccc2)[C@H]1OC(=O)c1ccccc1. The molecule has 0 amide bonds. The second kappa shape index (κ2) is 9.85. The Bertz CT molecular complexity index is 860. The fourth-order valence-corrected chi connectivity index (χ4v) is 2.89. The molecule has 1 unspecified atom stereocenters. The third kappa shape index (κ3) is 5.21. The number of hydrogen-bond acceptors (Lipinski definition) is 7. The van der Waals surface area contributed by atoms with Gasteiger partial charge in [-0.15, -0.1) is 6.42 Å². The number of aliphatic hydroxyl groups excluding tert-OH is 1. The van der Waals surface area contributed by atoms with E-state index in [0.29, 0.717) is 11.1 Å². The second-order valence-corrected chi connectivity index (χ2v) is 6.25. The molecule has 7 nitrogen and oxygen atoms in total. The Morgan fingerprint density at radius 3 is 2.14 bits per heavy atom. The van der Waals surface area contributed by atoms with Crippen LogP contribution in [-0.2, 0) is 18.9 Å². The summed E-state index contributed by atoms with van der Waals surface area (Å²) in [5.41, 5.74) is 0.689. The molecule has 1 heterocycles. The van der Waals surface area contributed by atoms with Crippen molar-refractivity contribution in [3.8, 4) is 12.3 Å². The van der Waals surface area contributed by atoms with Gasteiger partial charge in [0.2, 0.25) is 0 Å². The van der Waals surface area contributed by atoms with Crippen molar-refractivity contribution in [3.63, 3.8) is 0 Å². The largest absolute Gasteiger partial charge is 0.459 e. The van der Waals surface area contributed by atoms with E-state index < -0.39 is 36.5 Å². The second-order valence-electron chi connectivity index (χ2n) is 6.25. The Hall–Kier alpha value is -3.18. The lowest BCUT2D eigenvalue weighted by Crippen LogP contribution is -2.41. The molecule has 4 atom stereocenters. The smallest absolute Gasteiger partial charge is 0.338 e. The maximum atomic E-state index is 12.5. The number of carbonyl (C=O) groups excluding carboxylic acids is 2. The first-order chi connectivity index (χ1) is 14.1. The summed E-state index contributed by atoms with van der Waals surface area (Å²) in [6.07, 6.45) is 0.865. The van der Waals surface area contributed by atoms with Crippen LogP contribution in [0, 0.1) is 12.3 Å². The van der Waals surface area contributed by atoms with Gasteiger partial charge in [0.25, 0.3) is 0 Å². The minimum Gasteiger partial charge on any atom is -0.459 e. The topological polar surface area (TPSA) is 91.3 Å². The molecule has 7 heteroatoms. The summed E-state index contributed by atoms with van der Waals surface area (Å²) in [6.45, 7) is -0.353. The van der Waals surface area contributed by atoms with Crippen molar-refractivity contribution in [3.05, 3.63) is 71.8 Å². The molecule has 0 aromatic heterocycles. The summed E-state index contributed by atoms with van der Waals surface area (Å²) in [6, 6.07) is 16.8. The first-order valence-corrected chi connectivity index (χ1v) is 8.97. The average Bonchev–Trinajstić information content (AvgIpc) is 3.05. The van der Waals surface area contributed by atoms with Crippen LogP contribution < -0.4 is 0 Å². The molecule has 29 heavy (non-hydrogen) atoms. The molecule has 1 aliphatic heterocycles. The van der Waals surface area contributed by atoms with Crippen LogP contribution >= 0.6 is 0 Å². The van der Waals surface area contributed by atoms with Crippen LogP contribution in [0.15, 0.2) is 60.7 Å². The zero-order valence-corrected chi connectivity index (χ0v) is 15.5. The van der Waals surface area contributed by atoms with Gasteiger partial charge >= 0.3 is 11.9 Å². The number of esters is 2. The maximum Gasteiger partial charge on any atom is 0.338 e. The lowest BCUT2D eigenvalue weighted by molar-refractivity contribution is -0.143. The summed E-state index contributed by atoms with van der Waals surface area (Å²) < 4.78 is 21.6. The molecule has 2 aromatic carbocycles. The van der Waals surface area contributed by atoms with E-state index in [1.54, 1.807) is 60.7 Å². The Morgan fingerprint density at radius 1 is 0.966 bits per heavy atom. The van der Waals surface area contributed by atoms with E-state index in [2.05, 4.69) is 5.92 Å². The van der Waals surface area contributed by atoms with E-state index in [4.69, 9.17) is 25.4 Å². The van der Waals surface area contributed by atoms with Gasteiger partial charge in [0.05, 0.1) is 11.1 Å². The minimum atomic E-state index is -1.39. The summed E-state index contributed by atoms with van der Waals surface area (Å²) in [4.78, 5) is 24.6. The van der Waals surface area contributed by atoms with Crippen LogP contribution in [0.25, 0.3) is 0 Å². The van der Waals surface area contributed by atoms with Gasteiger partial charge in [-0.3, -0.25) is 0 Å². The molecule has 0 saturated carbocycles. The van der Waals surface area contributed by atoms with Gasteiger partial charge in [-0.05, 0) is 24.3 Å². The Morgan fingerprint density at radius 2 is 1.55 bits per heavy atom. The molecule has 0 aliphatic carbocycles. The van der Waals surface area contributed by atoms with E-state index in [9.17, 15) is 14.7 Å². The third-order valence-electron chi connectivity index (χ3n) is 4.29. The molecule has 1 N–H and O–H groups in total. The van der Waals surface area contributed by atoms with Crippen LogP contribution in [0.3, 0.4) is 0 Å². The lowest BCUT2D eigenvalue weighted by Gasteiger charge is -2.22. The molecular weight excluding hydrogens is 376 g/mol. The fourth-order valence-electron chi connectivity index (χ4n) is 2.89. The van der Waals surface area contributed by atoms with E-state index in [0.717, 1.165) is 0 Å². The number of hydrogen-bond donors (Lipinski definition) is 1. The quantitative estimate of drug-likeness (QED) is 0.564. The van der Waals surface area contributed by atoms with Crippen molar-refractivity contribution < 1.29 is 33.6 Å². The predicted molar refractivity (Wildman–Crippen MR) is 102 cm³/mol. The highest BCUT2D eigenvalue weighted by atomic mass is 16.7. The monoisotopic (exact) mass is 396 g/mol. The molecule has 2 aromatic rings. The van der Waals surface area contributed by atoms with Crippen molar-refractivity contribution in [1.29, 1.82) is 0 Å². The number of ether oxygens (including phenoxy) is 4. The standard InChI is InChI=1S/C22H20O7/c1-2-13-26-19-18(29-21(24)16-11-7-4-8-12-16)17(28-22(19)25)14-27-20(23)15-9-5-3-6-10-15/h1,3-12,17-19,22,25H,13-14H2/t17?,18-,19-,22-/m1/s1. The van der Waals surface area contributed by atoms with Gasteiger partial charge in [-0.1, -0.05) is 42.3 Å². The molecule has 1 fully saturated rings. The van der Waals surface area contributed by atoms with Gasteiger partial charge in [0, 0.05) is 0 Å². The summed E-state index contributed by atoms with van der Waals surface area (Å²) in [5, 5.41) is 10.2.